The summed E-state index contributed by atoms with van der Waals surface area (Å²) < 4.78 is 0. The predicted molar refractivity (Wildman–Crippen MR) is 49.0 cm³/mol. The van der Waals surface area contributed by atoms with Crippen molar-refractivity contribution < 1.29 is 0 Å². The molecule has 2 rings (SSSR count). The molecule has 1 fully saturated rings. The Morgan fingerprint density at radius 1 is 1.08 bits per heavy atom. The average molecular weight is 223 g/mol. The van der Waals surface area contributed by atoms with Gasteiger partial charge in [0, 0.05) is 5.92 Å². The standard InChI is InChI=1S/C7H5Cl3N2/c8-4-5(3-1-2-3)11-7(10)12-6(4)9/h3H,1-2H2. The third-order valence-corrected chi connectivity index (χ3v) is 2.69. The fraction of sp³-hybridized carbons (Fsp3) is 0.429. The lowest BCUT2D eigenvalue weighted by molar-refractivity contribution is 0.988. The summed E-state index contributed by atoms with van der Waals surface area (Å²) in [5, 5.41) is 0.869. The zero-order chi connectivity index (χ0) is 8.72. The summed E-state index contributed by atoms with van der Waals surface area (Å²) in [6.45, 7) is 0. The SMILES string of the molecule is Clc1nc(Cl)c(Cl)c(C2CC2)n1. The Morgan fingerprint density at radius 2 is 1.75 bits per heavy atom. The van der Waals surface area contributed by atoms with Crippen molar-refractivity contribution in [2.45, 2.75) is 18.8 Å². The van der Waals surface area contributed by atoms with Gasteiger partial charge in [0.15, 0.2) is 5.15 Å². The minimum Gasteiger partial charge on any atom is -0.221 e. The van der Waals surface area contributed by atoms with Gasteiger partial charge in [-0.1, -0.05) is 23.2 Å². The topological polar surface area (TPSA) is 25.8 Å². The van der Waals surface area contributed by atoms with Gasteiger partial charge in [0.05, 0.1) is 10.7 Å². The first-order chi connectivity index (χ1) is 5.68. The van der Waals surface area contributed by atoms with Crippen molar-refractivity contribution in [1.29, 1.82) is 0 Å². The summed E-state index contributed by atoms with van der Waals surface area (Å²) in [6, 6.07) is 0. The molecule has 0 unspecified atom stereocenters. The van der Waals surface area contributed by atoms with E-state index >= 15 is 0 Å². The van der Waals surface area contributed by atoms with Gasteiger partial charge in [-0.3, -0.25) is 0 Å². The molecule has 1 aromatic heterocycles. The molecule has 12 heavy (non-hydrogen) atoms. The first-order valence-electron chi connectivity index (χ1n) is 3.57. The van der Waals surface area contributed by atoms with Crippen LogP contribution in [0, 0.1) is 0 Å². The quantitative estimate of drug-likeness (QED) is 0.539. The van der Waals surface area contributed by atoms with Gasteiger partial charge in [0.2, 0.25) is 5.28 Å². The van der Waals surface area contributed by atoms with Crippen LogP contribution in [0.4, 0.5) is 0 Å². The smallest absolute Gasteiger partial charge is 0.221 e. The lowest BCUT2D eigenvalue weighted by Gasteiger charge is -2.02. The Hall–Kier alpha value is -0.0500. The molecule has 1 saturated carbocycles. The third kappa shape index (κ3) is 1.51. The zero-order valence-electron chi connectivity index (χ0n) is 6.02. The van der Waals surface area contributed by atoms with Gasteiger partial charge in [0.1, 0.15) is 0 Å². The van der Waals surface area contributed by atoms with Gasteiger partial charge >= 0.3 is 0 Å². The maximum Gasteiger partial charge on any atom is 0.224 e. The molecule has 0 atom stereocenters. The summed E-state index contributed by atoms with van der Waals surface area (Å²) >= 11 is 17.2. The summed E-state index contributed by atoms with van der Waals surface area (Å²) in [4.78, 5) is 7.77. The number of aromatic nitrogens is 2. The molecule has 1 aliphatic carbocycles. The van der Waals surface area contributed by atoms with Gasteiger partial charge in [-0.2, -0.15) is 0 Å². The zero-order valence-corrected chi connectivity index (χ0v) is 8.29. The Labute approximate surface area is 84.9 Å². The van der Waals surface area contributed by atoms with E-state index in [0.29, 0.717) is 10.9 Å². The van der Waals surface area contributed by atoms with E-state index in [9.17, 15) is 0 Å². The lowest BCUT2D eigenvalue weighted by Crippen LogP contribution is -1.92. The van der Waals surface area contributed by atoms with Crippen molar-refractivity contribution in [2.24, 2.45) is 0 Å². The lowest BCUT2D eigenvalue weighted by atomic mass is 10.3. The molecule has 1 aromatic rings. The Bertz CT molecular complexity index is 323. The summed E-state index contributed by atoms with van der Waals surface area (Å²) in [5.41, 5.74) is 0.793. The van der Waals surface area contributed by atoms with Crippen molar-refractivity contribution in [3.63, 3.8) is 0 Å². The number of hydrogen-bond donors (Lipinski definition) is 0. The van der Waals surface area contributed by atoms with E-state index in [1.807, 2.05) is 0 Å². The molecule has 0 amide bonds. The number of rotatable bonds is 1. The number of halogens is 3. The highest BCUT2D eigenvalue weighted by Gasteiger charge is 2.29. The molecule has 0 aliphatic heterocycles. The molecule has 0 saturated heterocycles. The monoisotopic (exact) mass is 222 g/mol. The highest BCUT2D eigenvalue weighted by Crippen LogP contribution is 2.43. The normalized spacial score (nSPS) is 16.6. The van der Waals surface area contributed by atoms with Crippen LogP contribution in [0.5, 0.6) is 0 Å². The molecule has 0 N–H and O–H groups in total. The van der Waals surface area contributed by atoms with Crippen LogP contribution in [-0.4, -0.2) is 9.97 Å². The highest BCUT2D eigenvalue weighted by atomic mass is 35.5. The molecule has 0 bridgehead atoms. The van der Waals surface area contributed by atoms with Crippen molar-refractivity contribution in [2.75, 3.05) is 0 Å². The first kappa shape index (κ1) is 8.54. The maximum absolute atomic E-state index is 5.88. The van der Waals surface area contributed by atoms with Crippen molar-refractivity contribution in [1.82, 2.24) is 9.97 Å². The van der Waals surface area contributed by atoms with Crippen molar-refractivity contribution >= 4 is 34.8 Å². The van der Waals surface area contributed by atoms with Gasteiger partial charge in [-0.25, -0.2) is 9.97 Å². The number of hydrogen-bond acceptors (Lipinski definition) is 2. The van der Waals surface area contributed by atoms with Crippen LogP contribution in [0.3, 0.4) is 0 Å². The molecule has 1 heterocycles. The van der Waals surface area contributed by atoms with Crippen LogP contribution in [0.1, 0.15) is 24.5 Å². The molecular weight excluding hydrogens is 218 g/mol. The predicted octanol–water partition coefficient (Wildman–Crippen LogP) is 3.31. The van der Waals surface area contributed by atoms with Crippen LogP contribution >= 0.6 is 34.8 Å². The largest absolute Gasteiger partial charge is 0.224 e. The van der Waals surface area contributed by atoms with Gasteiger partial charge in [-0.15, -0.1) is 0 Å². The second-order valence-electron chi connectivity index (χ2n) is 2.76. The Morgan fingerprint density at radius 3 is 2.33 bits per heavy atom. The van der Waals surface area contributed by atoms with E-state index in [0.717, 1.165) is 18.5 Å². The fourth-order valence-corrected chi connectivity index (χ4v) is 1.67. The Kier molecular flexibility index (Phi) is 2.15. The second kappa shape index (κ2) is 3.02. The van der Waals surface area contributed by atoms with E-state index in [2.05, 4.69) is 9.97 Å². The van der Waals surface area contributed by atoms with Gasteiger partial charge in [0.25, 0.3) is 0 Å². The van der Waals surface area contributed by atoms with Crippen LogP contribution in [0.25, 0.3) is 0 Å². The number of nitrogens with zero attached hydrogens (tertiary/aromatic N) is 2. The van der Waals surface area contributed by atoms with E-state index in [1.165, 1.54) is 0 Å². The Balaban J connectivity index is 2.51. The van der Waals surface area contributed by atoms with Crippen molar-refractivity contribution in [3.05, 3.63) is 21.2 Å². The van der Waals surface area contributed by atoms with E-state index in [-0.39, 0.29) is 10.4 Å². The molecule has 5 heteroatoms. The molecule has 2 nitrogen and oxygen atoms in total. The molecule has 1 aliphatic rings. The molecular formula is C7H5Cl3N2. The molecule has 0 radical (unpaired) electrons. The van der Waals surface area contributed by atoms with Crippen molar-refractivity contribution in [3.8, 4) is 0 Å². The summed E-state index contributed by atoms with van der Waals surface area (Å²) in [7, 11) is 0. The maximum atomic E-state index is 5.88. The molecule has 64 valence electrons. The van der Waals surface area contributed by atoms with Crippen LogP contribution in [0.2, 0.25) is 15.5 Å². The van der Waals surface area contributed by atoms with Crippen LogP contribution in [-0.2, 0) is 0 Å². The van der Waals surface area contributed by atoms with E-state index in [4.69, 9.17) is 34.8 Å². The van der Waals surface area contributed by atoms with Gasteiger partial charge in [-0.05, 0) is 24.4 Å². The summed E-state index contributed by atoms with van der Waals surface area (Å²) in [5.74, 6) is 0.440. The fourth-order valence-electron chi connectivity index (χ4n) is 1.04. The summed E-state index contributed by atoms with van der Waals surface area (Å²) in [6.07, 6.45) is 2.23. The van der Waals surface area contributed by atoms with E-state index in [1.54, 1.807) is 0 Å². The second-order valence-corrected chi connectivity index (χ2v) is 3.83. The van der Waals surface area contributed by atoms with Crippen LogP contribution in [0.15, 0.2) is 0 Å². The highest BCUT2D eigenvalue weighted by molar-refractivity contribution is 6.42. The third-order valence-electron chi connectivity index (χ3n) is 1.77. The minimum absolute atomic E-state index is 0.173. The average Bonchev–Trinajstić information content (AvgIpc) is 2.79. The first-order valence-corrected chi connectivity index (χ1v) is 4.70. The van der Waals surface area contributed by atoms with Gasteiger partial charge < -0.3 is 0 Å². The minimum atomic E-state index is 0.173. The molecule has 0 aromatic carbocycles. The molecule has 0 spiro atoms. The van der Waals surface area contributed by atoms with Crippen LogP contribution < -0.4 is 0 Å². The van der Waals surface area contributed by atoms with E-state index < -0.39 is 0 Å².